The molecule has 5 nitrogen and oxygen atoms in total. The Hall–Kier alpha value is -2.51. The second-order valence-electron chi connectivity index (χ2n) is 5.12. The Balaban J connectivity index is 1.85. The van der Waals surface area contributed by atoms with Gasteiger partial charge in [0.25, 0.3) is 5.91 Å². The Labute approximate surface area is 139 Å². The Bertz CT molecular complexity index is 1040. The van der Waals surface area contributed by atoms with Crippen molar-refractivity contribution < 1.29 is 4.79 Å². The van der Waals surface area contributed by atoms with Crippen LogP contribution in [-0.4, -0.2) is 15.9 Å². The van der Waals surface area contributed by atoms with Crippen molar-refractivity contribution in [1.82, 2.24) is 9.97 Å². The molecule has 0 aliphatic rings. The van der Waals surface area contributed by atoms with Crippen LogP contribution in [-0.2, 0) is 0 Å². The van der Waals surface area contributed by atoms with E-state index in [-0.39, 0.29) is 5.91 Å². The number of hydrogen-bond donors (Lipinski definition) is 2. The van der Waals surface area contributed by atoms with Gasteiger partial charge in [-0.1, -0.05) is 18.2 Å². The van der Waals surface area contributed by atoms with Crippen LogP contribution in [0.15, 0.2) is 35.8 Å². The molecule has 3 aromatic heterocycles. The number of rotatable bonds is 2. The molecule has 3 N–H and O–H groups in total. The van der Waals surface area contributed by atoms with E-state index in [1.54, 1.807) is 11.6 Å². The van der Waals surface area contributed by atoms with Gasteiger partial charge in [-0.2, -0.15) is 0 Å². The van der Waals surface area contributed by atoms with Crippen molar-refractivity contribution in [2.24, 2.45) is 0 Å². The Morgan fingerprint density at radius 1 is 1.35 bits per heavy atom. The van der Waals surface area contributed by atoms with Crippen LogP contribution >= 0.6 is 22.7 Å². The number of thiophene rings is 1. The number of aryl methyl sites for hydroxylation is 1. The molecule has 0 spiro atoms. The van der Waals surface area contributed by atoms with Crippen molar-refractivity contribution in [3.8, 4) is 0 Å². The van der Waals surface area contributed by atoms with Gasteiger partial charge < -0.3 is 5.73 Å². The highest BCUT2D eigenvalue weighted by molar-refractivity contribution is 7.21. The maximum Gasteiger partial charge on any atom is 0.269 e. The largest absolute Gasteiger partial charge is 0.397 e. The minimum Gasteiger partial charge on any atom is -0.397 e. The summed E-state index contributed by atoms with van der Waals surface area (Å²) in [7, 11) is 0. The summed E-state index contributed by atoms with van der Waals surface area (Å²) in [6.07, 6.45) is 1.64. The lowest BCUT2D eigenvalue weighted by Gasteiger charge is -2.01. The predicted octanol–water partition coefficient (Wildman–Crippen LogP) is 4.05. The number of benzene rings is 1. The number of fused-ring (bicyclic) bond motifs is 2. The molecular weight excluding hydrogens is 328 g/mol. The van der Waals surface area contributed by atoms with Gasteiger partial charge in [-0.25, -0.2) is 9.97 Å². The van der Waals surface area contributed by atoms with Gasteiger partial charge in [0, 0.05) is 22.3 Å². The maximum absolute atomic E-state index is 12.4. The van der Waals surface area contributed by atoms with Gasteiger partial charge in [0.05, 0.1) is 11.2 Å². The van der Waals surface area contributed by atoms with Crippen molar-refractivity contribution in [2.75, 3.05) is 11.1 Å². The van der Waals surface area contributed by atoms with Crippen molar-refractivity contribution in [3.05, 3.63) is 46.3 Å². The molecular formula is C16H12N4OS2. The van der Waals surface area contributed by atoms with Crippen LogP contribution < -0.4 is 11.1 Å². The first-order chi connectivity index (χ1) is 11.1. The van der Waals surface area contributed by atoms with Gasteiger partial charge in [0.2, 0.25) is 0 Å². The minimum absolute atomic E-state index is 0.249. The number of aromatic nitrogens is 2. The number of para-hydroxylation sites is 1. The van der Waals surface area contributed by atoms with E-state index >= 15 is 0 Å². The van der Waals surface area contributed by atoms with Gasteiger partial charge in [0.15, 0.2) is 5.13 Å². The Morgan fingerprint density at radius 3 is 3.00 bits per heavy atom. The highest BCUT2D eigenvalue weighted by Gasteiger charge is 2.18. The molecule has 0 atom stereocenters. The smallest absolute Gasteiger partial charge is 0.269 e. The molecule has 0 aliphatic heterocycles. The van der Waals surface area contributed by atoms with E-state index in [1.165, 1.54) is 22.7 Å². The number of anilines is 2. The van der Waals surface area contributed by atoms with Crippen molar-refractivity contribution >= 4 is 60.5 Å². The second-order valence-corrected chi connectivity index (χ2v) is 7.02. The highest BCUT2D eigenvalue weighted by Crippen LogP contribution is 2.35. The number of pyridine rings is 1. The van der Waals surface area contributed by atoms with Crippen molar-refractivity contribution in [1.29, 1.82) is 0 Å². The second kappa shape index (κ2) is 5.29. The standard InChI is InChI=1S/C16H12N4OS2/c1-8-3-2-4-9-7-10-11(17)13(23-15(10)19-12(8)9)14(21)20-16-18-5-6-22-16/h2-7H,17H2,1H3,(H,18,20,21). The number of nitrogens with one attached hydrogen (secondary N) is 1. The molecule has 23 heavy (non-hydrogen) atoms. The third-order valence-corrected chi connectivity index (χ3v) is 5.41. The zero-order valence-electron chi connectivity index (χ0n) is 12.2. The maximum atomic E-state index is 12.4. The SMILES string of the molecule is Cc1cccc2cc3c(N)c(C(=O)Nc4nccs4)sc3nc12. The molecule has 3 heterocycles. The summed E-state index contributed by atoms with van der Waals surface area (Å²) in [6.45, 7) is 2.02. The molecule has 114 valence electrons. The van der Waals surface area contributed by atoms with Gasteiger partial charge in [-0.3, -0.25) is 10.1 Å². The van der Waals surface area contributed by atoms with Crippen LogP contribution in [0.4, 0.5) is 10.8 Å². The number of amides is 1. The van der Waals surface area contributed by atoms with Crippen LogP contribution in [0.3, 0.4) is 0 Å². The third-order valence-electron chi connectivity index (χ3n) is 3.61. The number of carbonyl (C=O) groups is 1. The summed E-state index contributed by atoms with van der Waals surface area (Å²) in [5.74, 6) is -0.249. The number of carbonyl (C=O) groups excluding carboxylic acids is 1. The van der Waals surface area contributed by atoms with Gasteiger partial charge in [0.1, 0.15) is 9.71 Å². The van der Waals surface area contributed by atoms with Crippen LogP contribution in [0.2, 0.25) is 0 Å². The summed E-state index contributed by atoms with van der Waals surface area (Å²) >= 11 is 2.67. The van der Waals surface area contributed by atoms with Gasteiger partial charge >= 0.3 is 0 Å². The summed E-state index contributed by atoms with van der Waals surface area (Å²) in [4.78, 5) is 22.4. The van der Waals surface area contributed by atoms with E-state index in [4.69, 9.17) is 5.73 Å². The summed E-state index contributed by atoms with van der Waals surface area (Å²) < 4.78 is 0. The van der Waals surface area contributed by atoms with Crippen LogP contribution in [0.5, 0.6) is 0 Å². The molecule has 1 amide bonds. The third kappa shape index (κ3) is 2.34. The molecule has 0 saturated heterocycles. The van der Waals surface area contributed by atoms with E-state index in [2.05, 4.69) is 15.3 Å². The van der Waals surface area contributed by atoms with Gasteiger partial charge in [-0.15, -0.1) is 22.7 Å². The van der Waals surface area contributed by atoms with Crippen LogP contribution in [0, 0.1) is 6.92 Å². The van der Waals surface area contributed by atoms with E-state index < -0.39 is 0 Å². The number of nitrogens with zero attached hydrogens (tertiary/aromatic N) is 2. The fourth-order valence-electron chi connectivity index (χ4n) is 2.48. The zero-order chi connectivity index (χ0) is 16.0. The highest BCUT2D eigenvalue weighted by atomic mass is 32.1. The molecule has 0 fully saturated rings. The first-order valence-corrected chi connectivity index (χ1v) is 8.62. The monoisotopic (exact) mass is 340 g/mol. The molecule has 0 radical (unpaired) electrons. The first-order valence-electron chi connectivity index (χ1n) is 6.92. The summed E-state index contributed by atoms with van der Waals surface area (Å²) in [6, 6.07) is 8.01. The fourth-order valence-corrected chi connectivity index (χ4v) is 3.98. The molecule has 7 heteroatoms. The normalized spacial score (nSPS) is 11.2. The van der Waals surface area contributed by atoms with E-state index in [1.807, 2.05) is 31.2 Å². The Morgan fingerprint density at radius 2 is 2.22 bits per heavy atom. The summed E-state index contributed by atoms with van der Waals surface area (Å²) in [5.41, 5.74) is 8.70. The average Bonchev–Trinajstić information content (AvgIpc) is 3.15. The lowest BCUT2D eigenvalue weighted by molar-refractivity contribution is 0.103. The van der Waals surface area contributed by atoms with Gasteiger partial charge in [-0.05, 0) is 18.6 Å². The number of hydrogen-bond acceptors (Lipinski definition) is 6. The lowest BCUT2D eigenvalue weighted by atomic mass is 10.1. The molecule has 1 aromatic carbocycles. The molecule has 0 saturated carbocycles. The molecule has 0 bridgehead atoms. The number of nitrogens with two attached hydrogens (primary N) is 1. The van der Waals surface area contributed by atoms with E-state index in [0.717, 1.165) is 26.7 Å². The zero-order valence-corrected chi connectivity index (χ0v) is 13.8. The van der Waals surface area contributed by atoms with Crippen LogP contribution in [0.25, 0.3) is 21.1 Å². The lowest BCUT2D eigenvalue weighted by Crippen LogP contribution is -2.11. The quantitative estimate of drug-likeness (QED) is 0.577. The van der Waals surface area contributed by atoms with Crippen molar-refractivity contribution in [3.63, 3.8) is 0 Å². The summed E-state index contributed by atoms with van der Waals surface area (Å²) in [5, 5.41) is 6.97. The molecule has 0 unspecified atom stereocenters. The average molecular weight is 340 g/mol. The van der Waals surface area contributed by atoms with E-state index in [0.29, 0.717) is 15.7 Å². The number of nitrogen functional groups attached to an aromatic ring is 1. The first kappa shape index (κ1) is 14.1. The minimum atomic E-state index is -0.249. The fraction of sp³-hybridized carbons (Fsp3) is 0.0625. The molecule has 0 aliphatic carbocycles. The van der Waals surface area contributed by atoms with Crippen molar-refractivity contribution in [2.45, 2.75) is 6.92 Å². The Kier molecular flexibility index (Phi) is 3.24. The van der Waals surface area contributed by atoms with Crippen LogP contribution in [0.1, 0.15) is 15.2 Å². The molecule has 4 aromatic rings. The predicted molar refractivity (Wildman–Crippen MR) is 96.3 cm³/mol. The van der Waals surface area contributed by atoms with E-state index in [9.17, 15) is 4.79 Å². The topological polar surface area (TPSA) is 80.9 Å². The molecule has 4 rings (SSSR count). The number of thiazole rings is 1.